The van der Waals surface area contributed by atoms with Gasteiger partial charge >= 0.3 is 0 Å². The van der Waals surface area contributed by atoms with Gasteiger partial charge in [0.2, 0.25) is 0 Å². The molecule has 3 heteroatoms. The van der Waals surface area contributed by atoms with Crippen LogP contribution >= 0.6 is 0 Å². The fraction of sp³-hybridized carbons (Fsp3) is 0.786. The highest BCUT2D eigenvalue weighted by Crippen LogP contribution is 2.48. The van der Waals surface area contributed by atoms with E-state index in [2.05, 4.69) is 28.2 Å². The average molecular weight is 233 g/mol. The fourth-order valence-corrected chi connectivity index (χ4v) is 3.71. The van der Waals surface area contributed by atoms with Crippen molar-refractivity contribution in [1.29, 1.82) is 0 Å². The first kappa shape index (κ1) is 11.3. The lowest BCUT2D eigenvalue weighted by atomic mass is 9.89. The number of nitrogens with one attached hydrogen (secondary N) is 1. The molecule has 1 aromatic rings. The van der Waals surface area contributed by atoms with E-state index in [-0.39, 0.29) is 0 Å². The molecule has 3 rings (SSSR count). The van der Waals surface area contributed by atoms with Crippen molar-refractivity contribution in [2.75, 3.05) is 7.05 Å². The summed E-state index contributed by atoms with van der Waals surface area (Å²) in [5.41, 5.74) is 1.30. The van der Waals surface area contributed by atoms with Gasteiger partial charge in [0.25, 0.3) is 0 Å². The van der Waals surface area contributed by atoms with Crippen molar-refractivity contribution in [3.05, 3.63) is 18.0 Å². The SMILES string of the molecule is CNC(C)c1cnn(CC2CC3CCC2C3)c1. The van der Waals surface area contributed by atoms with Gasteiger partial charge in [0.05, 0.1) is 6.20 Å². The Morgan fingerprint density at radius 3 is 3.00 bits per heavy atom. The van der Waals surface area contributed by atoms with Gasteiger partial charge in [-0.15, -0.1) is 0 Å². The van der Waals surface area contributed by atoms with Gasteiger partial charge in [0.1, 0.15) is 0 Å². The van der Waals surface area contributed by atoms with E-state index in [4.69, 9.17) is 0 Å². The largest absolute Gasteiger partial charge is 0.313 e. The summed E-state index contributed by atoms with van der Waals surface area (Å²) in [5.74, 6) is 2.93. The first-order chi connectivity index (χ1) is 8.26. The van der Waals surface area contributed by atoms with Crippen LogP contribution in [-0.2, 0) is 6.54 Å². The highest BCUT2D eigenvalue weighted by Gasteiger charge is 2.39. The molecular formula is C14H23N3. The van der Waals surface area contributed by atoms with Crippen molar-refractivity contribution in [2.45, 2.75) is 45.2 Å². The molecule has 0 radical (unpaired) electrons. The number of hydrogen-bond donors (Lipinski definition) is 1. The second-order valence-corrected chi connectivity index (χ2v) is 5.94. The molecule has 2 bridgehead atoms. The van der Waals surface area contributed by atoms with Gasteiger partial charge in [0.15, 0.2) is 0 Å². The normalized spacial score (nSPS) is 33.2. The van der Waals surface area contributed by atoms with Gasteiger partial charge in [-0.3, -0.25) is 4.68 Å². The molecule has 1 N–H and O–H groups in total. The molecule has 2 aliphatic rings. The molecule has 1 aromatic heterocycles. The number of nitrogens with zero attached hydrogens (tertiary/aromatic N) is 2. The van der Waals surface area contributed by atoms with Crippen molar-refractivity contribution < 1.29 is 0 Å². The molecule has 0 amide bonds. The molecule has 0 aromatic carbocycles. The number of fused-ring (bicyclic) bond motifs is 2. The molecule has 4 unspecified atom stereocenters. The minimum absolute atomic E-state index is 0.406. The Morgan fingerprint density at radius 1 is 1.47 bits per heavy atom. The van der Waals surface area contributed by atoms with Crippen molar-refractivity contribution in [1.82, 2.24) is 15.1 Å². The Kier molecular flexibility index (Phi) is 2.95. The Labute approximate surface area is 104 Å². The number of aromatic nitrogens is 2. The van der Waals surface area contributed by atoms with E-state index < -0.39 is 0 Å². The summed E-state index contributed by atoms with van der Waals surface area (Å²) < 4.78 is 2.16. The predicted octanol–water partition coefficient (Wildman–Crippen LogP) is 2.60. The zero-order chi connectivity index (χ0) is 11.8. The second kappa shape index (κ2) is 4.45. The molecule has 2 fully saturated rings. The minimum atomic E-state index is 0.406. The van der Waals surface area contributed by atoms with E-state index in [1.54, 1.807) is 0 Å². The first-order valence-corrected chi connectivity index (χ1v) is 6.96. The summed E-state index contributed by atoms with van der Waals surface area (Å²) in [7, 11) is 2.00. The van der Waals surface area contributed by atoms with Crippen LogP contribution in [0, 0.1) is 17.8 Å². The summed E-state index contributed by atoms with van der Waals surface area (Å²) >= 11 is 0. The Bertz CT molecular complexity index is 385. The van der Waals surface area contributed by atoms with Crippen LogP contribution in [0.2, 0.25) is 0 Å². The van der Waals surface area contributed by atoms with Crippen LogP contribution in [0.5, 0.6) is 0 Å². The van der Waals surface area contributed by atoms with Crippen molar-refractivity contribution in [3.8, 4) is 0 Å². The van der Waals surface area contributed by atoms with E-state index in [0.717, 1.165) is 24.3 Å². The zero-order valence-electron chi connectivity index (χ0n) is 10.9. The third-order valence-electron chi connectivity index (χ3n) is 4.89. The Hall–Kier alpha value is -0.830. The summed E-state index contributed by atoms with van der Waals surface area (Å²) in [6, 6.07) is 0.406. The van der Waals surface area contributed by atoms with Crippen molar-refractivity contribution in [2.24, 2.45) is 17.8 Å². The maximum atomic E-state index is 4.51. The van der Waals surface area contributed by atoms with Crippen LogP contribution < -0.4 is 5.32 Å². The molecule has 0 spiro atoms. The zero-order valence-corrected chi connectivity index (χ0v) is 10.9. The summed E-state index contributed by atoms with van der Waals surface area (Å²) in [4.78, 5) is 0. The number of hydrogen-bond acceptors (Lipinski definition) is 2. The molecule has 1 heterocycles. The van der Waals surface area contributed by atoms with Gasteiger partial charge in [-0.2, -0.15) is 5.10 Å². The topological polar surface area (TPSA) is 29.9 Å². The predicted molar refractivity (Wildman–Crippen MR) is 68.6 cm³/mol. The van der Waals surface area contributed by atoms with Gasteiger partial charge in [-0.05, 0) is 51.0 Å². The van der Waals surface area contributed by atoms with Gasteiger partial charge < -0.3 is 5.32 Å². The van der Waals surface area contributed by atoms with Crippen LogP contribution in [0.4, 0.5) is 0 Å². The van der Waals surface area contributed by atoms with Crippen LogP contribution in [-0.4, -0.2) is 16.8 Å². The molecule has 2 saturated carbocycles. The molecule has 2 aliphatic carbocycles. The van der Waals surface area contributed by atoms with Gasteiger partial charge in [0, 0.05) is 24.3 Å². The summed E-state index contributed by atoms with van der Waals surface area (Å²) in [5, 5.41) is 7.77. The smallest absolute Gasteiger partial charge is 0.0537 e. The lowest BCUT2D eigenvalue weighted by Gasteiger charge is -2.21. The lowest BCUT2D eigenvalue weighted by Crippen LogP contribution is -2.17. The van der Waals surface area contributed by atoms with E-state index >= 15 is 0 Å². The highest BCUT2D eigenvalue weighted by molar-refractivity contribution is 5.09. The van der Waals surface area contributed by atoms with Crippen LogP contribution in [0.1, 0.15) is 44.2 Å². The number of rotatable bonds is 4. The van der Waals surface area contributed by atoms with Crippen LogP contribution in [0.15, 0.2) is 12.4 Å². The first-order valence-electron chi connectivity index (χ1n) is 6.96. The van der Waals surface area contributed by atoms with Crippen molar-refractivity contribution in [3.63, 3.8) is 0 Å². The summed E-state index contributed by atoms with van der Waals surface area (Å²) in [6.07, 6.45) is 10.1. The molecule has 0 aliphatic heterocycles. The molecular weight excluding hydrogens is 210 g/mol. The molecule has 4 atom stereocenters. The monoisotopic (exact) mass is 233 g/mol. The van der Waals surface area contributed by atoms with Crippen LogP contribution in [0.3, 0.4) is 0 Å². The van der Waals surface area contributed by atoms with Gasteiger partial charge in [-0.25, -0.2) is 0 Å². The third-order valence-corrected chi connectivity index (χ3v) is 4.89. The van der Waals surface area contributed by atoms with E-state index in [9.17, 15) is 0 Å². The Morgan fingerprint density at radius 2 is 2.35 bits per heavy atom. The second-order valence-electron chi connectivity index (χ2n) is 5.94. The minimum Gasteiger partial charge on any atom is -0.313 e. The maximum Gasteiger partial charge on any atom is 0.0537 e. The highest BCUT2D eigenvalue weighted by atomic mass is 15.3. The summed E-state index contributed by atoms with van der Waals surface area (Å²) in [6.45, 7) is 3.32. The average Bonchev–Trinajstić information content (AvgIpc) is 3.03. The molecule has 17 heavy (non-hydrogen) atoms. The van der Waals surface area contributed by atoms with E-state index in [1.165, 1.54) is 31.2 Å². The Balaban J connectivity index is 1.63. The third kappa shape index (κ3) is 2.13. The van der Waals surface area contributed by atoms with Gasteiger partial charge in [-0.1, -0.05) is 6.42 Å². The standard InChI is InChI=1S/C14H23N3/c1-10(15-2)14-7-16-17(9-14)8-13-6-11-3-4-12(13)5-11/h7,9-13,15H,3-6,8H2,1-2H3. The molecule has 3 nitrogen and oxygen atoms in total. The van der Waals surface area contributed by atoms with Crippen molar-refractivity contribution >= 4 is 0 Å². The van der Waals surface area contributed by atoms with Crippen LogP contribution in [0.25, 0.3) is 0 Å². The molecule has 94 valence electrons. The fourth-order valence-electron chi connectivity index (χ4n) is 3.71. The van der Waals surface area contributed by atoms with E-state index in [1.807, 2.05) is 13.2 Å². The maximum absolute atomic E-state index is 4.51. The van der Waals surface area contributed by atoms with E-state index in [0.29, 0.717) is 6.04 Å². The lowest BCUT2D eigenvalue weighted by molar-refractivity contribution is 0.285. The molecule has 0 saturated heterocycles. The quantitative estimate of drug-likeness (QED) is 0.866.